The molecule has 1 rings (SSSR count). The second-order valence-corrected chi connectivity index (χ2v) is 3.73. The Labute approximate surface area is 102 Å². The first-order valence-corrected chi connectivity index (χ1v) is 5.19. The maximum absolute atomic E-state index is 11.8. The van der Waals surface area contributed by atoms with Gasteiger partial charge in [0.2, 0.25) is 0 Å². The predicted octanol–water partition coefficient (Wildman–Crippen LogP) is 3.93. The maximum atomic E-state index is 11.8. The molecule has 0 spiro atoms. The molecule has 0 fully saturated rings. The molecule has 0 atom stereocenters. The second-order valence-electron chi connectivity index (χ2n) is 3.32. The zero-order chi connectivity index (χ0) is 12.9. The summed E-state index contributed by atoms with van der Waals surface area (Å²) in [6.07, 6.45) is -5.15. The van der Waals surface area contributed by atoms with E-state index in [-0.39, 0.29) is 18.1 Å². The van der Waals surface area contributed by atoms with Crippen LogP contribution in [-0.2, 0) is 0 Å². The van der Waals surface area contributed by atoms with Gasteiger partial charge in [0.05, 0.1) is 17.2 Å². The summed E-state index contributed by atoms with van der Waals surface area (Å²) in [4.78, 5) is 0. The average molecular weight is 264 g/mol. The molecular formula is C11H9ClF3NO. The summed E-state index contributed by atoms with van der Waals surface area (Å²) in [6.45, 7) is -0.0399. The van der Waals surface area contributed by atoms with Crippen molar-refractivity contribution in [3.05, 3.63) is 28.8 Å². The van der Waals surface area contributed by atoms with Crippen LogP contribution in [0, 0.1) is 11.3 Å². The first-order valence-electron chi connectivity index (χ1n) is 4.81. The van der Waals surface area contributed by atoms with Crippen LogP contribution in [0.3, 0.4) is 0 Å². The van der Waals surface area contributed by atoms with E-state index < -0.39 is 12.6 Å². The molecule has 17 heavy (non-hydrogen) atoms. The Morgan fingerprint density at radius 3 is 2.59 bits per heavy atom. The van der Waals surface area contributed by atoms with Crippen LogP contribution < -0.4 is 4.74 Å². The van der Waals surface area contributed by atoms with E-state index in [4.69, 9.17) is 21.6 Å². The molecule has 92 valence electrons. The Kier molecular flexibility index (Phi) is 4.64. The summed E-state index contributed by atoms with van der Waals surface area (Å²) >= 11 is 5.73. The van der Waals surface area contributed by atoms with E-state index in [2.05, 4.69) is 0 Å². The van der Waals surface area contributed by atoms with Gasteiger partial charge in [0, 0.05) is 12.5 Å². The highest BCUT2D eigenvalue weighted by Crippen LogP contribution is 2.24. The Bertz CT molecular complexity index is 426. The molecule has 0 aliphatic rings. The van der Waals surface area contributed by atoms with Gasteiger partial charge in [-0.15, -0.1) is 0 Å². The summed E-state index contributed by atoms with van der Waals surface area (Å²) in [6, 6.07) is 6.24. The molecule has 2 nitrogen and oxygen atoms in total. The zero-order valence-electron chi connectivity index (χ0n) is 8.72. The molecule has 1 aromatic carbocycles. The number of alkyl halides is 3. The summed E-state index contributed by atoms with van der Waals surface area (Å²) in [5, 5.41) is 8.84. The first-order chi connectivity index (χ1) is 7.92. The average Bonchev–Trinajstić information content (AvgIpc) is 2.23. The van der Waals surface area contributed by atoms with E-state index in [1.165, 1.54) is 18.2 Å². The molecule has 6 heteroatoms. The smallest absolute Gasteiger partial charge is 0.389 e. The Hall–Kier alpha value is -1.41. The van der Waals surface area contributed by atoms with Gasteiger partial charge in [-0.3, -0.25) is 0 Å². The van der Waals surface area contributed by atoms with Crippen molar-refractivity contribution in [2.24, 2.45) is 0 Å². The van der Waals surface area contributed by atoms with Crippen LogP contribution in [0.1, 0.15) is 18.4 Å². The molecule has 1 aromatic rings. The quantitative estimate of drug-likeness (QED) is 0.771. The number of halogens is 4. The largest absolute Gasteiger partial charge is 0.494 e. The van der Waals surface area contributed by atoms with Crippen LogP contribution in [0.5, 0.6) is 5.75 Å². The van der Waals surface area contributed by atoms with Gasteiger partial charge in [0.15, 0.2) is 0 Å². The molecule has 0 amide bonds. The number of ether oxygens (including phenoxy) is 1. The predicted molar refractivity (Wildman–Crippen MR) is 57.0 cm³/mol. The third-order valence-electron chi connectivity index (χ3n) is 1.93. The van der Waals surface area contributed by atoms with Crippen LogP contribution in [0.2, 0.25) is 5.02 Å². The summed E-state index contributed by atoms with van der Waals surface area (Å²) in [7, 11) is 0. The molecule has 0 N–H and O–H groups in total. The van der Waals surface area contributed by atoms with Crippen molar-refractivity contribution in [3.63, 3.8) is 0 Å². The van der Waals surface area contributed by atoms with Gasteiger partial charge in [-0.25, -0.2) is 0 Å². The van der Waals surface area contributed by atoms with E-state index in [0.29, 0.717) is 11.3 Å². The van der Waals surface area contributed by atoms with Crippen LogP contribution in [0.15, 0.2) is 18.2 Å². The van der Waals surface area contributed by atoms with Crippen molar-refractivity contribution in [2.45, 2.75) is 19.0 Å². The van der Waals surface area contributed by atoms with Gasteiger partial charge in [-0.1, -0.05) is 11.6 Å². The number of nitrogens with zero attached hydrogens (tertiary/aromatic N) is 1. The Morgan fingerprint density at radius 1 is 1.35 bits per heavy atom. The fraction of sp³-hybridized carbons (Fsp3) is 0.364. The fourth-order valence-corrected chi connectivity index (χ4v) is 1.35. The minimum atomic E-state index is -4.16. The van der Waals surface area contributed by atoms with E-state index in [0.717, 1.165) is 0 Å². The van der Waals surface area contributed by atoms with Gasteiger partial charge in [0.25, 0.3) is 0 Å². The normalized spacial score (nSPS) is 11.0. The molecule has 0 aliphatic heterocycles. The summed E-state index contributed by atoms with van der Waals surface area (Å²) in [5.41, 5.74) is 0.300. The highest BCUT2D eigenvalue weighted by molar-refractivity contribution is 6.31. The lowest BCUT2D eigenvalue weighted by Gasteiger charge is -2.08. The van der Waals surface area contributed by atoms with Gasteiger partial charge >= 0.3 is 6.18 Å². The highest BCUT2D eigenvalue weighted by Gasteiger charge is 2.26. The van der Waals surface area contributed by atoms with E-state index in [9.17, 15) is 13.2 Å². The molecule has 0 aliphatic carbocycles. The van der Waals surface area contributed by atoms with Crippen molar-refractivity contribution >= 4 is 11.6 Å². The third-order valence-corrected chi connectivity index (χ3v) is 2.25. The number of hydrogen-bond donors (Lipinski definition) is 0. The lowest BCUT2D eigenvalue weighted by atomic mass is 10.2. The highest BCUT2D eigenvalue weighted by atomic mass is 35.5. The maximum Gasteiger partial charge on any atom is 0.389 e. The monoisotopic (exact) mass is 263 g/mol. The van der Waals surface area contributed by atoms with Gasteiger partial charge < -0.3 is 4.74 Å². The molecule has 0 bridgehead atoms. The Balaban J connectivity index is 2.43. The summed E-state index contributed by atoms with van der Waals surface area (Å²) < 4.78 is 40.6. The zero-order valence-corrected chi connectivity index (χ0v) is 9.48. The fourth-order valence-electron chi connectivity index (χ4n) is 1.14. The molecule has 0 radical (unpaired) electrons. The van der Waals surface area contributed by atoms with Gasteiger partial charge in [0.1, 0.15) is 11.8 Å². The van der Waals surface area contributed by atoms with E-state index in [1.807, 2.05) is 6.07 Å². The molecule has 0 saturated heterocycles. The lowest BCUT2D eigenvalue weighted by molar-refractivity contribution is -0.136. The third kappa shape index (κ3) is 4.96. The number of hydrogen-bond acceptors (Lipinski definition) is 2. The van der Waals surface area contributed by atoms with Gasteiger partial charge in [-0.2, -0.15) is 18.4 Å². The molecular weight excluding hydrogens is 255 g/mol. The van der Waals surface area contributed by atoms with E-state index in [1.54, 1.807) is 0 Å². The van der Waals surface area contributed by atoms with Crippen molar-refractivity contribution < 1.29 is 17.9 Å². The SMILES string of the molecule is N#Cc1ccc(OCCCC(F)(F)F)cc1Cl. The van der Waals surface area contributed by atoms with E-state index >= 15 is 0 Å². The number of nitriles is 1. The van der Waals surface area contributed by atoms with Crippen LogP contribution in [0.25, 0.3) is 0 Å². The summed E-state index contributed by atoms with van der Waals surface area (Å²) in [5.74, 6) is 0.358. The number of benzene rings is 1. The standard InChI is InChI=1S/C11H9ClF3NO/c12-10-6-9(3-2-8(10)7-16)17-5-1-4-11(13,14)15/h2-3,6H,1,4-5H2. The molecule has 0 heterocycles. The van der Waals surface area contributed by atoms with Crippen molar-refractivity contribution in [1.29, 1.82) is 5.26 Å². The minimum absolute atomic E-state index is 0.0399. The van der Waals surface area contributed by atoms with Crippen molar-refractivity contribution in [2.75, 3.05) is 6.61 Å². The molecule has 0 aromatic heterocycles. The molecule has 0 unspecified atom stereocenters. The first kappa shape index (κ1) is 13.7. The lowest BCUT2D eigenvalue weighted by Crippen LogP contribution is -2.09. The van der Waals surface area contributed by atoms with Crippen LogP contribution in [-0.4, -0.2) is 12.8 Å². The molecule has 0 saturated carbocycles. The van der Waals surface area contributed by atoms with Gasteiger partial charge in [-0.05, 0) is 18.6 Å². The topological polar surface area (TPSA) is 33.0 Å². The van der Waals surface area contributed by atoms with Crippen molar-refractivity contribution in [3.8, 4) is 11.8 Å². The minimum Gasteiger partial charge on any atom is -0.494 e. The Morgan fingerprint density at radius 2 is 2.06 bits per heavy atom. The van der Waals surface area contributed by atoms with Crippen LogP contribution >= 0.6 is 11.6 Å². The van der Waals surface area contributed by atoms with Crippen LogP contribution in [0.4, 0.5) is 13.2 Å². The second kappa shape index (κ2) is 5.78. The number of rotatable bonds is 4. The van der Waals surface area contributed by atoms with Crippen molar-refractivity contribution in [1.82, 2.24) is 0 Å².